The van der Waals surface area contributed by atoms with Gasteiger partial charge in [0.25, 0.3) is 0 Å². The van der Waals surface area contributed by atoms with Crippen molar-refractivity contribution >= 4 is 12.4 Å². The van der Waals surface area contributed by atoms with Gasteiger partial charge in [0.15, 0.2) is 0 Å². The Hall–Kier alpha value is -3.33. The van der Waals surface area contributed by atoms with Crippen molar-refractivity contribution in [2.45, 2.75) is 64.7 Å². The summed E-state index contributed by atoms with van der Waals surface area (Å²) in [6, 6.07) is 21.8. The van der Waals surface area contributed by atoms with Crippen LogP contribution in [0.1, 0.15) is 74.1 Å². The van der Waals surface area contributed by atoms with E-state index in [4.69, 9.17) is 0 Å². The fourth-order valence-electron chi connectivity index (χ4n) is 4.04. The Labute approximate surface area is 210 Å². The van der Waals surface area contributed by atoms with Crippen molar-refractivity contribution in [3.05, 3.63) is 107 Å². The van der Waals surface area contributed by atoms with Crippen LogP contribution in [0, 0.1) is 5.82 Å². The Morgan fingerprint density at radius 2 is 1.31 bits per heavy atom. The van der Waals surface area contributed by atoms with Gasteiger partial charge in [-0.2, -0.15) is 10.2 Å². The third-order valence-corrected chi connectivity index (χ3v) is 6.16. The average Bonchev–Trinajstić information content (AvgIpc) is 2.88. The summed E-state index contributed by atoms with van der Waals surface area (Å²) < 4.78 is 14.7. The monoisotopic (exact) mass is 468 g/mol. The molecule has 0 aliphatic rings. The van der Waals surface area contributed by atoms with Gasteiger partial charge < -0.3 is 0 Å². The molecule has 35 heavy (non-hydrogen) atoms. The van der Waals surface area contributed by atoms with Gasteiger partial charge in [0, 0.05) is 5.56 Å². The molecule has 0 aromatic heterocycles. The normalized spacial score (nSPS) is 11.5. The Kier molecular flexibility index (Phi) is 11.1. The molecule has 0 bridgehead atoms. The van der Waals surface area contributed by atoms with E-state index in [0.717, 1.165) is 30.4 Å². The maximum Gasteiger partial charge on any atom is 0.131 e. The van der Waals surface area contributed by atoms with Gasteiger partial charge in [-0.1, -0.05) is 92.9 Å². The minimum Gasteiger partial charge on any atom is -0.206 e. The van der Waals surface area contributed by atoms with Crippen LogP contribution in [-0.2, 0) is 12.8 Å². The highest BCUT2D eigenvalue weighted by molar-refractivity contribution is 5.83. The highest BCUT2D eigenvalue weighted by Gasteiger charge is 2.06. The summed E-state index contributed by atoms with van der Waals surface area (Å²) in [6.45, 7) is 5.97. The van der Waals surface area contributed by atoms with Crippen LogP contribution < -0.4 is 0 Å². The zero-order valence-corrected chi connectivity index (χ0v) is 20.9. The summed E-state index contributed by atoms with van der Waals surface area (Å²) >= 11 is 0. The van der Waals surface area contributed by atoms with Crippen molar-refractivity contribution in [2.75, 3.05) is 0 Å². The summed E-state index contributed by atoms with van der Waals surface area (Å²) in [5.41, 5.74) is 5.82. The van der Waals surface area contributed by atoms with E-state index in [1.807, 2.05) is 30.3 Å². The first kappa shape index (κ1) is 26.3. The van der Waals surface area contributed by atoms with Crippen molar-refractivity contribution in [1.82, 2.24) is 0 Å². The predicted molar refractivity (Wildman–Crippen MR) is 149 cm³/mol. The molecule has 0 saturated heterocycles. The van der Waals surface area contributed by atoms with Crippen molar-refractivity contribution in [1.29, 1.82) is 0 Å². The van der Waals surface area contributed by atoms with Crippen LogP contribution in [0.2, 0.25) is 0 Å². The molecule has 0 aliphatic carbocycles. The summed E-state index contributed by atoms with van der Waals surface area (Å²) in [5.74, 6) is -0.253. The Bertz CT molecular complexity index is 1100. The molecule has 3 heteroatoms. The van der Waals surface area contributed by atoms with E-state index >= 15 is 0 Å². The van der Waals surface area contributed by atoms with E-state index in [1.54, 1.807) is 12.4 Å². The largest absolute Gasteiger partial charge is 0.206 e. The number of halogens is 1. The number of hydrogen-bond acceptors (Lipinski definition) is 2. The second kappa shape index (κ2) is 14.8. The molecule has 0 unspecified atom stereocenters. The summed E-state index contributed by atoms with van der Waals surface area (Å²) in [5, 5.41) is 8.22. The van der Waals surface area contributed by atoms with Gasteiger partial charge in [0.2, 0.25) is 0 Å². The molecule has 0 fully saturated rings. The number of aryl methyl sites for hydroxylation is 2. The lowest BCUT2D eigenvalue weighted by Crippen LogP contribution is -1.90. The number of hydrogen-bond donors (Lipinski definition) is 0. The topological polar surface area (TPSA) is 24.7 Å². The molecule has 0 spiro atoms. The van der Waals surface area contributed by atoms with Crippen LogP contribution in [0.25, 0.3) is 11.1 Å². The first-order valence-electron chi connectivity index (χ1n) is 12.8. The quantitative estimate of drug-likeness (QED) is 0.0976. The second-order valence-electron chi connectivity index (χ2n) is 9.01. The molecular weight excluding hydrogens is 431 g/mol. The molecular formula is C32H37FN2. The van der Waals surface area contributed by atoms with Gasteiger partial charge in [-0.05, 0) is 72.4 Å². The first-order valence-corrected chi connectivity index (χ1v) is 12.8. The first-order chi connectivity index (χ1) is 17.2. The molecule has 0 N–H and O–H groups in total. The molecule has 3 rings (SSSR count). The van der Waals surface area contributed by atoms with Crippen LogP contribution in [-0.4, -0.2) is 12.4 Å². The maximum absolute atomic E-state index is 14.7. The van der Waals surface area contributed by atoms with Gasteiger partial charge in [-0.25, -0.2) is 4.39 Å². The van der Waals surface area contributed by atoms with Gasteiger partial charge in [0.1, 0.15) is 5.82 Å². The van der Waals surface area contributed by atoms with E-state index in [-0.39, 0.29) is 5.82 Å². The lowest BCUT2D eigenvalue weighted by molar-refractivity contribution is 0.631. The Morgan fingerprint density at radius 3 is 1.94 bits per heavy atom. The molecule has 0 atom stereocenters. The lowest BCUT2D eigenvalue weighted by atomic mass is 10.00. The third-order valence-electron chi connectivity index (χ3n) is 6.16. The standard InChI is InChI=1S/C32H37FN2/c1-3-5-7-8-10-12-26-13-15-28(16-14-26)24-34-35-25-29-19-22-31(32(33)23-29)30-20-17-27(18-21-30)11-9-6-4-2/h3,13-25H,1,4-12H2,2H3. The van der Waals surface area contributed by atoms with Gasteiger partial charge in [-0.3, -0.25) is 0 Å². The summed E-state index contributed by atoms with van der Waals surface area (Å²) in [4.78, 5) is 0. The third kappa shape index (κ3) is 9.09. The fourth-order valence-corrected chi connectivity index (χ4v) is 4.04. The zero-order chi connectivity index (χ0) is 24.7. The highest BCUT2D eigenvalue weighted by atomic mass is 19.1. The van der Waals surface area contributed by atoms with E-state index in [9.17, 15) is 4.39 Å². The van der Waals surface area contributed by atoms with Gasteiger partial charge >= 0.3 is 0 Å². The molecule has 0 aliphatic heterocycles. The molecule has 2 nitrogen and oxygen atoms in total. The van der Waals surface area contributed by atoms with E-state index in [0.29, 0.717) is 11.1 Å². The zero-order valence-electron chi connectivity index (χ0n) is 20.9. The molecule has 0 saturated carbocycles. The van der Waals surface area contributed by atoms with Gasteiger partial charge in [0.05, 0.1) is 12.4 Å². The number of unbranched alkanes of at least 4 members (excludes halogenated alkanes) is 5. The molecule has 0 heterocycles. The van der Waals surface area contributed by atoms with Crippen LogP contribution in [0.3, 0.4) is 0 Å². The van der Waals surface area contributed by atoms with Crippen LogP contribution in [0.4, 0.5) is 4.39 Å². The molecule has 182 valence electrons. The highest BCUT2D eigenvalue weighted by Crippen LogP contribution is 2.24. The minimum absolute atomic E-state index is 0.253. The maximum atomic E-state index is 14.7. The SMILES string of the molecule is C=CCCCCCc1ccc(C=NN=Cc2ccc(-c3ccc(CCCCC)cc3)c(F)c2)cc1. The van der Waals surface area contributed by atoms with Crippen molar-refractivity contribution in [2.24, 2.45) is 10.2 Å². The second-order valence-corrected chi connectivity index (χ2v) is 9.01. The fraction of sp³-hybridized carbons (Fsp3) is 0.312. The van der Waals surface area contributed by atoms with Crippen molar-refractivity contribution < 1.29 is 4.39 Å². The molecule has 0 radical (unpaired) electrons. The molecule has 3 aromatic rings. The van der Waals surface area contributed by atoms with E-state index in [1.165, 1.54) is 55.7 Å². The van der Waals surface area contributed by atoms with Gasteiger partial charge in [-0.15, -0.1) is 6.58 Å². The van der Waals surface area contributed by atoms with E-state index < -0.39 is 0 Å². The smallest absolute Gasteiger partial charge is 0.131 e. The average molecular weight is 469 g/mol. The van der Waals surface area contributed by atoms with Crippen molar-refractivity contribution in [3.8, 4) is 11.1 Å². The number of allylic oxidation sites excluding steroid dienone is 1. The Balaban J connectivity index is 1.51. The predicted octanol–water partition coefficient (Wildman–Crippen LogP) is 8.97. The number of benzene rings is 3. The molecule has 0 amide bonds. The Morgan fingerprint density at radius 1 is 0.714 bits per heavy atom. The van der Waals surface area contributed by atoms with Crippen LogP contribution in [0.5, 0.6) is 0 Å². The van der Waals surface area contributed by atoms with Crippen LogP contribution in [0.15, 0.2) is 89.6 Å². The summed E-state index contributed by atoms with van der Waals surface area (Å²) in [6.07, 6.45) is 15.9. The van der Waals surface area contributed by atoms with E-state index in [2.05, 4.69) is 60.1 Å². The minimum atomic E-state index is -0.253. The molecule has 3 aromatic carbocycles. The van der Waals surface area contributed by atoms with Crippen molar-refractivity contribution in [3.63, 3.8) is 0 Å². The summed E-state index contributed by atoms with van der Waals surface area (Å²) in [7, 11) is 0. The number of rotatable bonds is 14. The lowest BCUT2D eigenvalue weighted by Gasteiger charge is -2.06. The number of nitrogens with zero attached hydrogens (tertiary/aromatic N) is 2. The van der Waals surface area contributed by atoms with Crippen LogP contribution >= 0.6 is 0 Å².